The minimum Gasteiger partial charge on any atom is -0.328 e. The Morgan fingerprint density at radius 2 is 1.69 bits per heavy atom. The molecular weight excluding hydrogens is 383 g/mol. The van der Waals surface area contributed by atoms with Gasteiger partial charge in [-0.25, -0.2) is 4.68 Å². The van der Waals surface area contributed by atoms with Gasteiger partial charge in [-0.1, -0.05) is 58.7 Å². The number of alkyl halides is 3. The summed E-state index contributed by atoms with van der Waals surface area (Å²) in [5, 5.41) is 4.75. The van der Waals surface area contributed by atoms with E-state index < -0.39 is 24.0 Å². The molecule has 0 aliphatic carbocycles. The van der Waals surface area contributed by atoms with Crippen LogP contribution in [0.25, 0.3) is 10.8 Å². The molecule has 0 aliphatic heterocycles. The summed E-state index contributed by atoms with van der Waals surface area (Å²) in [6.07, 6.45) is -2.01. The number of halogens is 3. The lowest BCUT2D eigenvalue weighted by atomic mass is 9.95. The van der Waals surface area contributed by atoms with Crippen LogP contribution in [0.3, 0.4) is 0 Å². The Morgan fingerprint density at radius 1 is 1.07 bits per heavy atom. The lowest BCUT2D eigenvalue weighted by Gasteiger charge is -2.30. The molecule has 29 heavy (non-hydrogen) atoms. The van der Waals surface area contributed by atoms with E-state index in [0.717, 1.165) is 17.7 Å². The molecule has 0 radical (unpaired) electrons. The van der Waals surface area contributed by atoms with E-state index in [4.69, 9.17) is 0 Å². The van der Waals surface area contributed by atoms with Crippen molar-refractivity contribution < 1.29 is 18.0 Å². The van der Waals surface area contributed by atoms with Crippen LogP contribution in [0, 0.1) is 5.41 Å². The maximum Gasteiger partial charge on any atom is 0.406 e. The van der Waals surface area contributed by atoms with E-state index in [-0.39, 0.29) is 28.6 Å². The van der Waals surface area contributed by atoms with E-state index in [1.165, 1.54) is 4.68 Å². The molecule has 0 spiro atoms. The first-order valence-corrected chi connectivity index (χ1v) is 9.79. The number of carbonyl (C=O) groups excluding carboxylic acids is 1. The second kappa shape index (κ2) is 8.97. The Balaban J connectivity index is 2.56. The van der Waals surface area contributed by atoms with Gasteiger partial charge in [0.05, 0.1) is 5.39 Å². The monoisotopic (exact) mass is 411 g/mol. The molecule has 0 saturated heterocycles. The predicted molar refractivity (Wildman–Crippen MR) is 107 cm³/mol. The van der Waals surface area contributed by atoms with Gasteiger partial charge in [-0.3, -0.25) is 9.59 Å². The minimum absolute atomic E-state index is 0.0870. The molecule has 1 heterocycles. The topological polar surface area (TPSA) is 55.2 Å². The lowest BCUT2D eigenvalue weighted by molar-refractivity contribution is -0.142. The molecule has 2 rings (SSSR count). The van der Waals surface area contributed by atoms with Crippen LogP contribution in [0.15, 0.2) is 29.1 Å². The van der Waals surface area contributed by atoms with E-state index in [1.807, 2.05) is 6.92 Å². The Hall–Kier alpha value is -2.38. The number of unbranched alkanes of at least 4 members (excludes halogenated alkanes) is 2. The van der Waals surface area contributed by atoms with Gasteiger partial charge < -0.3 is 4.90 Å². The van der Waals surface area contributed by atoms with E-state index in [1.54, 1.807) is 45.0 Å². The number of nitrogens with zero attached hydrogens (tertiary/aromatic N) is 3. The van der Waals surface area contributed by atoms with Crippen molar-refractivity contribution in [2.45, 2.75) is 59.7 Å². The maximum atomic E-state index is 13.2. The van der Waals surface area contributed by atoms with Crippen molar-refractivity contribution in [2.75, 3.05) is 13.1 Å². The van der Waals surface area contributed by atoms with Gasteiger partial charge in [-0.05, 0) is 17.9 Å². The highest BCUT2D eigenvalue weighted by atomic mass is 19.4. The predicted octanol–water partition coefficient (Wildman–Crippen LogP) is 4.64. The van der Waals surface area contributed by atoms with Crippen LogP contribution >= 0.6 is 0 Å². The molecule has 8 heteroatoms. The molecule has 1 aromatic heterocycles. The molecule has 0 unspecified atom stereocenters. The van der Waals surface area contributed by atoms with Crippen molar-refractivity contribution in [1.29, 1.82) is 0 Å². The number of hydrogen-bond acceptors (Lipinski definition) is 3. The molecule has 0 N–H and O–H groups in total. The normalized spacial score (nSPS) is 12.4. The van der Waals surface area contributed by atoms with Crippen molar-refractivity contribution in [3.8, 4) is 0 Å². The smallest absolute Gasteiger partial charge is 0.328 e. The summed E-state index contributed by atoms with van der Waals surface area (Å²) in [4.78, 5) is 26.6. The minimum atomic E-state index is -4.54. The van der Waals surface area contributed by atoms with Gasteiger partial charge in [-0.2, -0.15) is 18.3 Å². The first kappa shape index (κ1) is 22.9. The third-order valence-corrected chi connectivity index (χ3v) is 4.37. The second-order valence-corrected chi connectivity index (χ2v) is 8.47. The summed E-state index contributed by atoms with van der Waals surface area (Å²) in [6, 6.07) is 6.43. The fourth-order valence-electron chi connectivity index (χ4n) is 3.19. The van der Waals surface area contributed by atoms with E-state index in [0.29, 0.717) is 13.0 Å². The van der Waals surface area contributed by atoms with Crippen molar-refractivity contribution in [2.24, 2.45) is 5.41 Å². The van der Waals surface area contributed by atoms with Gasteiger partial charge in [0.1, 0.15) is 6.54 Å². The zero-order valence-electron chi connectivity index (χ0n) is 17.3. The number of hydrogen-bond donors (Lipinski definition) is 0. The third kappa shape index (κ3) is 6.30. The van der Waals surface area contributed by atoms with Crippen molar-refractivity contribution in [1.82, 2.24) is 14.7 Å². The highest BCUT2D eigenvalue weighted by molar-refractivity contribution is 6.04. The number of benzene rings is 1. The molecular formula is C21H28F3N3O2. The summed E-state index contributed by atoms with van der Waals surface area (Å²) in [5.74, 6) is -0.822. The van der Waals surface area contributed by atoms with Crippen molar-refractivity contribution in [3.63, 3.8) is 0 Å². The molecule has 0 bridgehead atoms. The number of aryl methyl sites for hydroxylation is 1. The van der Waals surface area contributed by atoms with E-state index >= 15 is 0 Å². The first-order valence-electron chi connectivity index (χ1n) is 9.79. The Labute approximate surface area is 168 Å². The number of fused-ring (bicyclic) bond motifs is 1. The molecule has 2 aromatic rings. The summed E-state index contributed by atoms with van der Waals surface area (Å²) in [7, 11) is 0. The third-order valence-electron chi connectivity index (χ3n) is 4.37. The number of rotatable bonds is 7. The van der Waals surface area contributed by atoms with Gasteiger partial charge in [0.2, 0.25) is 0 Å². The largest absolute Gasteiger partial charge is 0.406 e. The molecule has 1 aromatic carbocycles. The number of carbonyl (C=O) groups is 1. The lowest BCUT2D eigenvalue weighted by Crippen LogP contribution is -2.44. The van der Waals surface area contributed by atoms with Gasteiger partial charge in [0.25, 0.3) is 11.5 Å². The summed E-state index contributed by atoms with van der Waals surface area (Å²) in [5.41, 5.74) is -0.997. The fourth-order valence-corrected chi connectivity index (χ4v) is 3.19. The molecule has 1 amide bonds. The SMILES string of the molecule is CCCCCn1nc(C(=O)N(CC(C)(C)C)CC(F)(F)F)c2ccccc2c1=O. The summed E-state index contributed by atoms with van der Waals surface area (Å²) < 4.78 is 40.7. The van der Waals surface area contributed by atoms with Gasteiger partial charge in [0, 0.05) is 18.5 Å². The summed E-state index contributed by atoms with van der Waals surface area (Å²) >= 11 is 0. The molecule has 0 atom stereocenters. The van der Waals surface area contributed by atoms with Crippen LogP contribution in [0.2, 0.25) is 0 Å². The zero-order valence-corrected chi connectivity index (χ0v) is 17.3. The van der Waals surface area contributed by atoms with Crippen molar-refractivity contribution >= 4 is 16.7 Å². The highest BCUT2D eigenvalue weighted by Gasteiger charge is 2.36. The molecule has 0 saturated carbocycles. The van der Waals surface area contributed by atoms with Gasteiger partial charge in [0.15, 0.2) is 5.69 Å². The quantitative estimate of drug-likeness (QED) is 0.624. The Morgan fingerprint density at radius 3 is 2.24 bits per heavy atom. The van der Waals surface area contributed by atoms with Gasteiger partial charge in [-0.15, -0.1) is 0 Å². The first-order chi connectivity index (χ1) is 13.4. The number of amides is 1. The van der Waals surface area contributed by atoms with E-state index in [2.05, 4.69) is 5.10 Å². The molecule has 0 fully saturated rings. The van der Waals surface area contributed by atoms with Gasteiger partial charge >= 0.3 is 6.18 Å². The molecule has 5 nitrogen and oxygen atoms in total. The Bertz CT molecular complexity index is 898. The van der Waals surface area contributed by atoms with Crippen LogP contribution < -0.4 is 5.56 Å². The van der Waals surface area contributed by atoms with Crippen LogP contribution in [-0.4, -0.2) is 39.9 Å². The zero-order chi connectivity index (χ0) is 21.8. The average Bonchev–Trinajstić information content (AvgIpc) is 2.60. The van der Waals surface area contributed by atoms with Crippen LogP contribution in [-0.2, 0) is 6.54 Å². The fraction of sp³-hybridized carbons (Fsp3) is 0.571. The summed E-state index contributed by atoms with van der Waals surface area (Å²) in [6.45, 7) is 6.18. The Kier molecular flexibility index (Phi) is 7.08. The number of aromatic nitrogens is 2. The second-order valence-electron chi connectivity index (χ2n) is 8.47. The van der Waals surface area contributed by atoms with Crippen LogP contribution in [0.1, 0.15) is 57.4 Å². The maximum absolute atomic E-state index is 13.2. The van der Waals surface area contributed by atoms with E-state index in [9.17, 15) is 22.8 Å². The average molecular weight is 411 g/mol. The molecule has 160 valence electrons. The van der Waals surface area contributed by atoms with Crippen LogP contribution in [0.4, 0.5) is 13.2 Å². The molecule has 0 aliphatic rings. The standard InChI is InChI=1S/C21H28F3N3O2/c1-5-6-9-12-27-18(28)16-11-8-7-10-15(16)17(25-27)19(29)26(13-20(2,3)4)14-21(22,23)24/h7-8,10-11H,5-6,9,12-14H2,1-4H3. The van der Waals surface area contributed by atoms with Crippen molar-refractivity contribution in [3.05, 3.63) is 40.3 Å². The van der Waals surface area contributed by atoms with Crippen LogP contribution in [0.5, 0.6) is 0 Å². The highest BCUT2D eigenvalue weighted by Crippen LogP contribution is 2.24.